The number of carbonyl (C=O) groups excluding carboxylic acids is 1. The first kappa shape index (κ1) is 16.3. The summed E-state index contributed by atoms with van der Waals surface area (Å²) >= 11 is 0. The number of rotatable bonds is 3. The second-order valence-corrected chi connectivity index (χ2v) is 8.30. The van der Waals surface area contributed by atoms with Crippen molar-refractivity contribution in [1.82, 2.24) is 4.98 Å². The molecule has 3 nitrogen and oxygen atoms in total. The lowest BCUT2D eigenvalue weighted by molar-refractivity contribution is -0.172. The highest BCUT2D eigenvalue weighted by Crippen LogP contribution is 2.69. The third kappa shape index (κ3) is 2.40. The lowest BCUT2D eigenvalue weighted by Crippen LogP contribution is -2.59. The predicted octanol–water partition coefficient (Wildman–Crippen LogP) is 4.37. The largest absolute Gasteiger partial charge is 0.460 e. The number of pyridine rings is 1. The smallest absolute Gasteiger partial charge is 0.310 e. The normalized spacial score (nSPS) is 30.6. The quantitative estimate of drug-likeness (QED) is 0.782. The van der Waals surface area contributed by atoms with Gasteiger partial charge in [0, 0.05) is 11.6 Å². The van der Waals surface area contributed by atoms with Gasteiger partial charge in [-0.25, -0.2) is 0 Å². The summed E-state index contributed by atoms with van der Waals surface area (Å²) in [5, 5.41) is 0. The van der Waals surface area contributed by atoms with Crippen molar-refractivity contribution in [1.29, 1.82) is 0 Å². The standard InChI is InChI=1S/C22H25NO2/c1-21(2,3)25-20(24)19-16-12-13-17(19)22(16,15-9-5-4-6-10-15)18-11-7-8-14-23-18/h4-11,14,16-17,19H,12-13H2,1-3H3/t16-,17+,19?,22?. The summed E-state index contributed by atoms with van der Waals surface area (Å²) in [7, 11) is 0. The third-order valence-electron chi connectivity index (χ3n) is 5.84. The van der Waals surface area contributed by atoms with Crippen molar-refractivity contribution >= 4 is 5.97 Å². The Hall–Kier alpha value is -2.16. The van der Waals surface area contributed by atoms with Crippen LogP contribution < -0.4 is 0 Å². The van der Waals surface area contributed by atoms with E-state index in [1.54, 1.807) is 0 Å². The van der Waals surface area contributed by atoms with E-state index in [0.29, 0.717) is 0 Å². The van der Waals surface area contributed by atoms with Gasteiger partial charge < -0.3 is 4.74 Å². The van der Waals surface area contributed by atoms with Crippen LogP contribution in [0.5, 0.6) is 0 Å². The summed E-state index contributed by atoms with van der Waals surface area (Å²) in [6.07, 6.45) is 3.97. The molecule has 3 heteroatoms. The van der Waals surface area contributed by atoms with Crippen molar-refractivity contribution in [3.8, 4) is 0 Å². The van der Waals surface area contributed by atoms with Crippen molar-refractivity contribution in [2.75, 3.05) is 0 Å². The highest BCUT2D eigenvalue weighted by molar-refractivity contribution is 5.78. The molecule has 1 heterocycles. The van der Waals surface area contributed by atoms with E-state index >= 15 is 0 Å². The molecule has 3 aliphatic carbocycles. The van der Waals surface area contributed by atoms with Crippen LogP contribution in [0.4, 0.5) is 0 Å². The van der Waals surface area contributed by atoms with Gasteiger partial charge in [-0.3, -0.25) is 9.78 Å². The van der Waals surface area contributed by atoms with Crippen LogP contribution in [0.3, 0.4) is 0 Å². The molecule has 0 spiro atoms. The molecule has 2 aromatic rings. The Labute approximate surface area is 149 Å². The summed E-state index contributed by atoms with van der Waals surface area (Å²) in [6.45, 7) is 5.82. The van der Waals surface area contributed by atoms with Gasteiger partial charge in [0.25, 0.3) is 0 Å². The molecule has 130 valence electrons. The van der Waals surface area contributed by atoms with E-state index in [2.05, 4.69) is 30.3 Å². The summed E-state index contributed by atoms with van der Waals surface area (Å²) in [5.74, 6) is 0.484. The number of aromatic nitrogens is 1. The Bertz CT molecular complexity index is 710. The Morgan fingerprint density at radius 3 is 2.24 bits per heavy atom. The summed E-state index contributed by atoms with van der Waals surface area (Å²) in [5.41, 5.74) is 1.78. The fraction of sp³-hybridized carbons (Fsp3) is 0.455. The Kier molecular flexibility index (Phi) is 3.71. The van der Waals surface area contributed by atoms with E-state index in [9.17, 15) is 4.79 Å². The number of ether oxygens (including phenoxy) is 1. The number of hydrogen-bond acceptors (Lipinski definition) is 3. The molecular formula is C22H25NO2. The van der Waals surface area contributed by atoms with Crippen LogP contribution in [0.25, 0.3) is 0 Å². The molecule has 2 bridgehead atoms. The molecule has 4 atom stereocenters. The fourth-order valence-corrected chi connectivity index (χ4v) is 5.15. The van der Waals surface area contributed by atoms with Crippen LogP contribution in [-0.4, -0.2) is 16.6 Å². The lowest BCUT2D eigenvalue weighted by Gasteiger charge is -2.54. The maximum absolute atomic E-state index is 12.8. The van der Waals surface area contributed by atoms with Gasteiger partial charge in [-0.1, -0.05) is 36.4 Å². The minimum Gasteiger partial charge on any atom is -0.460 e. The average Bonchev–Trinajstić information content (AvgIpc) is 3.17. The maximum atomic E-state index is 12.8. The molecule has 3 aliphatic rings. The summed E-state index contributed by atoms with van der Waals surface area (Å²) in [6, 6.07) is 16.7. The van der Waals surface area contributed by atoms with E-state index in [1.165, 1.54) is 5.56 Å². The van der Waals surface area contributed by atoms with Crippen molar-refractivity contribution in [2.24, 2.45) is 17.8 Å². The van der Waals surface area contributed by atoms with E-state index in [0.717, 1.165) is 18.5 Å². The zero-order valence-corrected chi connectivity index (χ0v) is 15.1. The van der Waals surface area contributed by atoms with Gasteiger partial charge >= 0.3 is 5.97 Å². The molecular weight excluding hydrogens is 310 g/mol. The number of hydrogen-bond donors (Lipinski definition) is 0. The first-order valence-electron chi connectivity index (χ1n) is 9.14. The highest BCUT2D eigenvalue weighted by atomic mass is 16.6. The number of carbonyl (C=O) groups is 1. The third-order valence-corrected chi connectivity index (χ3v) is 5.84. The van der Waals surface area contributed by atoms with E-state index in [4.69, 9.17) is 9.72 Å². The Morgan fingerprint density at radius 1 is 1.04 bits per heavy atom. The molecule has 0 N–H and O–H groups in total. The number of nitrogens with zero attached hydrogens (tertiary/aromatic N) is 1. The topological polar surface area (TPSA) is 39.2 Å². The van der Waals surface area contributed by atoms with Gasteiger partial charge in [0.15, 0.2) is 0 Å². The minimum absolute atomic E-state index is 0.0126. The molecule has 0 amide bonds. The first-order valence-corrected chi connectivity index (χ1v) is 9.14. The van der Waals surface area contributed by atoms with Crippen LogP contribution in [0.1, 0.15) is 44.9 Å². The van der Waals surface area contributed by atoms with Crippen molar-refractivity contribution in [3.05, 3.63) is 66.0 Å². The van der Waals surface area contributed by atoms with Crippen LogP contribution in [0, 0.1) is 17.8 Å². The molecule has 0 radical (unpaired) electrons. The molecule has 2 unspecified atom stereocenters. The molecule has 25 heavy (non-hydrogen) atoms. The fourth-order valence-electron chi connectivity index (χ4n) is 5.15. The Morgan fingerprint density at radius 2 is 1.68 bits per heavy atom. The Balaban J connectivity index is 1.75. The molecule has 5 rings (SSSR count). The average molecular weight is 335 g/mol. The minimum atomic E-state index is -0.438. The van der Waals surface area contributed by atoms with Crippen molar-refractivity contribution < 1.29 is 9.53 Å². The van der Waals surface area contributed by atoms with E-state index < -0.39 is 5.60 Å². The first-order chi connectivity index (χ1) is 11.9. The summed E-state index contributed by atoms with van der Waals surface area (Å²) in [4.78, 5) is 17.5. The van der Waals surface area contributed by atoms with Crippen molar-refractivity contribution in [3.63, 3.8) is 0 Å². The summed E-state index contributed by atoms with van der Waals surface area (Å²) < 4.78 is 5.73. The number of esters is 1. The van der Waals surface area contributed by atoms with Crippen LogP contribution in [-0.2, 0) is 14.9 Å². The van der Waals surface area contributed by atoms with Crippen molar-refractivity contribution in [2.45, 2.75) is 44.6 Å². The van der Waals surface area contributed by atoms with E-state index in [1.807, 2.05) is 45.2 Å². The molecule has 0 saturated heterocycles. The van der Waals surface area contributed by atoms with Crippen LogP contribution in [0.15, 0.2) is 54.7 Å². The lowest BCUT2D eigenvalue weighted by atomic mass is 9.48. The zero-order valence-electron chi connectivity index (χ0n) is 15.1. The molecule has 3 fully saturated rings. The molecule has 3 saturated carbocycles. The molecule has 0 aliphatic heterocycles. The van der Waals surface area contributed by atoms with Crippen LogP contribution >= 0.6 is 0 Å². The van der Waals surface area contributed by atoms with Gasteiger partial charge in [-0.2, -0.15) is 0 Å². The monoisotopic (exact) mass is 335 g/mol. The van der Waals surface area contributed by atoms with Gasteiger partial charge in [-0.15, -0.1) is 0 Å². The van der Waals surface area contributed by atoms with Gasteiger partial charge in [0.2, 0.25) is 0 Å². The molecule has 1 aromatic carbocycles. The SMILES string of the molecule is CC(C)(C)OC(=O)C1[C@H]2CC[C@@H]1C2(c1ccccc1)c1ccccn1. The number of benzene rings is 1. The predicted molar refractivity (Wildman–Crippen MR) is 97.0 cm³/mol. The van der Waals surface area contributed by atoms with Gasteiger partial charge in [0.05, 0.1) is 11.6 Å². The zero-order chi connectivity index (χ0) is 17.7. The molecule has 1 aromatic heterocycles. The second-order valence-electron chi connectivity index (χ2n) is 8.30. The van der Waals surface area contributed by atoms with Crippen LogP contribution in [0.2, 0.25) is 0 Å². The second kappa shape index (κ2) is 5.69. The number of fused-ring (bicyclic) bond motifs is 1. The van der Waals surface area contributed by atoms with Gasteiger partial charge in [-0.05, 0) is 63.1 Å². The highest BCUT2D eigenvalue weighted by Gasteiger charge is 2.70. The van der Waals surface area contributed by atoms with E-state index in [-0.39, 0.29) is 29.1 Å². The van der Waals surface area contributed by atoms with Gasteiger partial charge in [0.1, 0.15) is 5.60 Å². The maximum Gasteiger partial charge on any atom is 0.310 e.